The van der Waals surface area contributed by atoms with Gasteiger partial charge in [0.1, 0.15) is 6.26 Å². The van der Waals surface area contributed by atoms with Crippen LogP contribution in [0, 0.1) is 0 Å². The SMILES string of the molecule is Nc1c(NC(=O)c2ccon2)cnc2ccc(Cl)cc12. The van der Waals surface area contributed by atoms with E-state index in [1.807, 2.05) is 0 Å². The Morgan fingerprint density at radius 1 is 1.35 bits per heavy atom. The number of amides is 1. The molecule has 0 spiro atoms. The number of pyridine rings is 1. The van der Waals surface area contributed by atoms with Gasteiger partial charge in [-0.3, -0.25) is 9.78 Å². The summed E-state index contributed by atoms with van der Waals surface area (Å²) in [5, 5.41) is 7.40. The second kappa shape index (κ2) is 4.82. The van der Waals surface area contributed by atoms with Crippen LogP contribution in [0.3, 0.4) is 0 Å². The van der Waals surface area contributed by atoms with Crippen LogP contribution >= 0.6 is 11.6 Å². The van der Waals surface area contributed by atoms with Crippen molar-refractivity contribution in [2.24, 2.45) is 0 Å². The van der Waals surface area contributed by atoms with E-state index >= 15 is 0 Å². The number of fused-ring (bicyclic) bond motifs is 1. The molecule has 7 heteroatoms. The van der Waals surface area contributed by atoms with Gasteiger partial charge in [-0.05, 0) is 18.2 Å². The van der Waals surface area contributed by atoms with Crippen LogP contribution in [0.5, 0.6) is 0 Å². The van der Waals surface area contributed by atoms with Gasteiger partial charge in [0.15, 0.2) is 5.69 Å². The van der Waals surface area contributed by atoms with Gasteiger partial charge in [0.25, 0.3) is 5.91 Å². The zero-order valence-electron chi connectivity index (χ0n) is 10.1. The average molecular weight is 289 g/mol. The van der Waals surface area contributed by atoms with Crippen LogP contribution in [0.4, 0.5) is 11.4 Å². The first kappa shape index (κ1) is 12.4. The molecule has 1 amide bonds. The number of anilines is 2. The van der Waals surface area contributed by atoms with Crippen LogP contribution in [-0.2, 0) is 0 Å². The number of halogens is 1. The monoisotopic (exact) mass is 288 g/mol. The van der Waals surface area contributed by atoms with Crippen LogP contribution in [0.1, 0.15) is 10.5 Å². The van der Waals surface area contributed by atoms with Crippen molar-refractivity contribution >= 4 is 39.8 Å². The molecule has 3 aromatic rings. The Balaban J connectivity index is 2.00. The number of nitrogens with one attached hydrogen (secondary N) is 1. The predicted molar refractivity (Wildman–Crippen MR) is 75.6 cm³/mol. The van der Waals surface area contributed by atoms with E-state index in [0.29, 0.717) is 27.3 Å². The average Bonchev–Trinajstić information content (AvgIpc) is 2.96. The van der Waals surface area contributed by atoms with Crippen LogP contribution < -0.4 is 11.1 Å². The Morgan fingerprint density at radius 3 is 2.95 bits per heavy atom. The molecule has 0 fully saturated rings. The molecule has 3 N–H and O–H groups in total. The maximum absolute atomic E-state index is 11.9. The van der Waals surface area contributed by atoms with Gasteiger partial charge in [-0.15, -0.1) is 0 Å². The largest absolute Gasteiger partial charge is 0.396 e. The molecule has 0 bridgehead atoms. The van der Waals surface area contributed by atoms with Crippen molar-refractivity contribution in [2.75, 3.05) is 11.1 Å². The smallest absolute Gasteiger partial charge is 0.277 e. The van der Waals surface area contributed by atoms with Crippen molar-refractivity contribution in [1.29, 1.82) is 0 Å². The third-order valence-electron chi connectivity index (χ3n) is 2.79. The van der Waals surface area contributed by atoms with E-state index < -0.39 is 5.91 Å². The molecule has 3 rings (SSSR count). The highest BCUT2D eigenvalue weighted by Gasteiger charge is 2.13. The molecule has 1 aromatic carbocycles. The van der Waals surface area contributed by atoms with Crippen molar-refractivity contribution in [3.63, 3.8) is 0 Å². The maximum atomic E-state index is 11.9. The minimum atomic E-state index is -0.423. The van der Waals surface area contributed by atoms with Crippen LogP contribution in [0.25, 0.3) is 10.9 Å². The minimum absolute atomic E-state index is 0.163. The van der Waals surface area contributed by atoms with Crippen molar-refractivity contribution in [3.8, 4) is 0 Å². The summed E-state index contributed by atoms with van der Waals surface area (Å²) in [6.07, 6.45) is 2.81. The lowest BCUT2D eigenvalue weighted by Gasteiger charge is -2.09. The van der Waals surface area contributed by atoms with Crippen LogP contribution in [-0.4, -0.2) is 16.0 Å². The van der Waals surface area contributed by atoms with Gasteiger partial charge in [-0.25, -0.2) is 0 Å². The summed E-state index contributed by atoms with van der Waals surface area (Å²) >= 11 is 5.94. The molecular weight excluding hydrogens is 280 g/mol. The highest BCUT2D eigenvalue weighted by atomic mass is 35.5. The van der Waals surface area contributed by atoms with Gasteiger partial charge in [-0.1, -0.05) is 16.8 Å². The number of hydrogen-bond donors (Lipinski definition) is 2. The number of nitrogen functional groups attached to an aromatic ring is 1. The maximum Gasteiger partial charge on any atom is 0.277 e. The zero-order valence-corrected chi connectivity index (χ0v) is 10.9. The van der Waals surface area contributed by atoms with Crippen molar-refractivity contribution in [1.82, 2.24) is 10.1 Å². The standard InChI is InChI=1S/C13H9ClN4O2/c14-7-1-2-9-8(5-7)12(15)11(6-16-9)17-13(19)10-3-4-20-18-10/h1-6H,(H2,15,16)(H,17,19). The topological polar surface area (TPSA) is 94.0 Å². The van der Waals surface area contributed by atoms with Gasteiger partial charge < -0.3 is 15.6 Å². The summed E-state index contributed by atoms with van der Waals surface area (Å²) in [5.74, 6) is -0.423. The molecule has 0 aliphatic carbocycles. The van der Waals surface area contributed by atoms with Crippen molar-refractivity contribution < 1.29 is 9.32 Å². The van der Waals surface area contributed by atoms with E-state index in [1.54, 1.807) is 18.2 Å². The number of hydrogen-bond acceptors (Lipinski definition) is 5. The van der Waals surface area contributed by atoms with E-state index in [2.05, 4.69) is 20.0 Å². The lowest BCUT2D eigenvalue weighted by molar-refractivity contribution is 0.101. The molecule has 100 valence electrons. The van der Waals surface area contributed by atoms with Crippen molar-refractivity contribution in [3.05, 3.63) is 47.4 Å². The second-order valence-electron chi connectivity index (χ2n) is 4.09. The predicted octanol–water partition coefficient (Wildman–Crippen LogP) is 2.71. The van der Waals surface area contributed by atoms with Crippen LogP contribution in [0.2, 0.25) is 5.02 Å². The highest BCUT2D eigenvalue weighted by Crippen LogP contribution is 2.29. The number of nitrogens with zero attached hydrogens (tertiary/aromatic N) is 2. The van der Waals surface area contributed by atoms with Gasteiger partial charge in [0, 0.05) is 16.5 Å². The summed E-state index contributed by atoms with van der Waals surface area (Å²) in [5.41, 5.74) is 7.69. The highest BCUT2D eigenvalue weighted by molar-refractivity contribution is 6.31. The summed E-state index contributed by atoms with van der Waals surface area (Å²) in [4.78, 5) is 16.1. The minimum Gasteiger partial charge on any atom is -0.396 e. The molecule has 0 aliphatic rings. The summed E-state index contributed by atoms with van der Waals surface area (Å²) in [7, 11) is 0. The number of benzene rings is 1. The fourth-order valence-electron chi connectivity index (χ4n) is 1.80. The quantitative estimate of drug-likeness (QED) is 0.756. The van der Waals surface area contributed by atoms with E-state index in [9.17, 15) is 4.79 Å². The number of nitrogens with two attached hydrogens (primary N) is 1. The first-order chi connectivity index (χ1) is 9.65. The summed E-state index contributed by atoms with van der Waals surface area (Å²) in [6.45, 7) is 0. The first-order valence-corrected chi connectivity index (χ1v) is 6.08. The Kier molecular flexibility index (Phi) is 3.00. The van der Waals surface area contributed by atoms with Gasteiger partial charge >= 0.3 is 0 Å². The van der Waals surface area contributed by atoms with E-state index in [0.717, 1.165) is 0 Å². The van der Waals surface area contributed by atoms with Gasteiger partial charge in [0.05, 0.1) is 23.1 Å². The fraction of sp³-hybridized carbons (Fsp3) is 0. The van der Waals surface area contributed by atoms with Gasteiger partial charge in [-0.2, -0.15) is 0 Å². The zero-order chi connectivity index (χ0) is 14.1. The molecule has 0 unspecified atom stereocenters. The molecule has 2 heterocycles. The Morgan fingerprint density at radius 2 is 2.20 bits per heavy atom. The second-order valence-corrected chi connectivity index (χ2v) is 4.52. The molecule has 0 atom stereocenters. The van der Waals surface area contributed by atoms with Crippen molar-refractivity contribution in [2.45, 2.75) is 0 Å². The molecule has 0 radical (unpaired) electrons. The number of carbonyl (C=O) groups is 1. The third-order valence-corrected chi connectivity index (χ3v) is 3.03. The third kappa shape index (κ3) is 2.17. The lowest BCUT2D eigenvalue weighted by Crippen LogP contribution is -2.13. The molecule has 0 saturated heterocycles. The number of rotatable bonds is 2. The summed E-state index contributed by atoms with van der Waals surface area (Å²) < 4.78 is 4.61. The Hall–Kier alpha value is -2.60. The normalized spacial score (nSPS) is 10.7. The summed E-state index contributed by atoms with van der Waals surface area (Å²) in [6, 6.07) is 6.64. The number of carbonyl (C=O) groups excluding carboxylic acids is 1. The van der Waals surface area contributed by atoms with E-state index in [1.165, 1.54) is 18.5 Å². The molecule has 0 aliphatic heterocycles. The van der Waals surface area contributed by atoms with Crippen LogP contribution in [0.15, 0.2) is 41.2 Å². The van der Waals surface area contributed by atoms with E-state index in [4.69, 9.17) is 17.3 Å². The molecule has 0 saturated carbocycles. The van der Waals surface area contributed by atoms with Gasteiger partial charge in [0.2, 0.25) is 0 Å². The molecular formula is C13H9ClN4O2. The Labute approximate surface area is 118 Å². The molecule has 20 heavy (non-hydrogen) atoms. The fourth-order valence-corrected chi connectivity index (χ4v) is 1.97. The number of aromatic nitrogens is 2. The Bertz CT molecular complexity index is 786. The molecule has 6 nitrogen and oxygen atoms in total. The van der Waals surface area contributed by atoms with E-state index in [-0.39, 0.29) is 5.69 Å². The molecule has 2 aromatic heterocycles. The lowest BCUT2D eigenvalue weighted by atomic mass is 10.1. The first-order valence-electron chi connectivity index (χ1n) is 5.70.